The highest BCUT2D eigenvalue weighted by Gasteiger charge is 2.23. The zero-order valence-electron chi connectivity index (χ0n) is 15.7. The molecule has 0 bridgehead atoms. The highest BCUT2D eigenvalue weighted by atomic mass is 16.5. The van der Waals surface area contributed by atoms with Crippen LogP contribution < -0.4 is 10.2 Å². The Morgan fingerprint density at radius 1 is 1.15 bits per heavy atom. The number of methoxy groups -OCH3 is 1. The SMILES string of the molecule is COCCCN1COc2ccc3c(=O)c(-c4ccccc4)c(C)oc3c2C1. The largest absolute Gasteiger partial charge is 0.478 e. The molecule has 0 radical (unpaired) electrons. The Balaban J connectivity index is 1.78. The summed E-state index contributed by atoms with van der Waals surface area (Å²) in [4.78, 5) is 15.4. The number of fused-ring (bicyclic) bond motifs is 3. The van der Waals surface area contributed by atoms with Gasteiger partial charge in [0, 0.05) is 26.8 Å². The molecule has 140 valence electrons. The molecule has 3 aromatic rings. The lowest BCUT2D eigenvalue weighted by Gasteiger charge is -2.29. The molecule has 4 rings (SSSR count). The van der Waals surface area contributed by atoms with E-state index in [0.717, 1.165) is 29.8 Å². The van der Waals surface area contributed by atoms with Crippen LogP contribution in [0.2, 0.25) is 0 Å². The maximum atomic E-state index is 13.2. The second kappa shape index (κ2) is 7.55. The van der Waals surface area contributed by atoms with Crippen LogP contribution in [0.3, 0.4) is 0 Å². The van der Waals surface area contributed by atoms with Crippen LogP contribution in [0.4, 0.5) is 0 Å². The quantitative estimate of drug-likeness (QED) is 0.641. The molecule has 0 aliphatic carbocycles. The summed E-state index contributed by atoms with van der Waals surface area (Å²) in [5.74, 6) is 1.42. The van der Waals surface area contributed by atoms with E-state index in [1.54, 1.807) is 7.11 Å². The molecule has 1 aliphatic rings. The summed E-state index contributed by atoms with van der Waals surface area (Å²) in [5, 5.41) is 0.598. The molecule has 2 aromatic carbocycles. The lowest BCUT2D eigenvalue weighted by Crippen LogP contribution is -2.33. The number of rotatable bonds is 5. The topological polar surface area (TPSA) is 51.9 Å². The maximum Gasteiger partial charge on any atom is 0.200 e. The van der Waals surface area contributed by atoms with Crippen LogP contribution in [0, 0.1) is 6.92 Å². The highest BCUT2D eigenvalue weighted by Crippen LogP contribution is 2.33. The van der Waals surface area contributed by atoms with Gasteiger partial charge < -0.3 is 13.9 Å². The average molecular weight is 365 g/mol. The lowest BCUT2D eigenvalue weighted by atomic mass is 10.0. The Morgan fingerprint density at radius 2 is 1.96 bits per heavy atom. The van der Waals surface area contributed by atoms with Crippen LogP contribution in [0.5, 0.6) is 5.75 Å². The Labute approximate surface area is 158 Å². The smallest absolute Gasteiger partial charge is 0.200 e. The minimum atomic E-state index is -0.000688. The first-order chi connectivity index (χ1) is 13.2. The first-order valence-electron chi connectivity index (χ1n) is 9.18. The first kappa shape index (κ1) is 17.8. The monoisotopic (exact) mass is 365 g/mol. The second-order valence-corrected chi connectivity index (χ2v) is 6.82. The van der Waals surface area contributed by atoms with Crippen LogP contribution >= 0.6 is 0 Å². The average Bonchev–Trinajstić information content (AvgIpc) is 2.69. The highest BCUT2D eigenvalue weighted by molar-refractivity contribution is 5.86. The van der Waals surface area contributed by atoms with Crippen molar-refractivity contribution in [2.24, 2.45) is 0 Å². The van der Waals surface area contributed by atoms with E-state index in [9.17, 15) is 4.79 Å². The molecule has 27 heavy (non-hydrogen) atoms. The van der Waals surface area contributed by atoms with Crippen LogP contribution in [-0.4, -0.2) is 31.9 Å². The van der Waals surface area contributed by atoms with Crippen LogP contribution in [0.1, 0.15) is 17.7 Å². The number of ether oxygens (including phenoxy) is 2. The van der Waals surface area contributed by atoms with Crippen molar-refractivity contribution in [3.8, 4) is 16.9 Å². The standard InChI is InChI=1S/C22H23NO4/c1-15-20(16-7-4-3-5-8-16)21(24)17-9-10-19-18(22(17)27-15)13-23(14-26-19)11-6-12-25-2/h3-5,7-10H,6,11-14H2,1-2H3. The molecule has 1 aromatic heterocycles. The van der Waals surface area contributed by atoms with Gasteiger partial charge in [0.2, 0.25) is 5.43 Å². The van der Waals surface area contributed by atoms with Gasteiger partial charge >= 0.3 is 0 Å². The van der Waals surface area contributed by atoms with Crippen LogP contribution in [-0.2, 0) is 11.3 Å². The molecule has 5 nitrogen and oxygen atoms in total. The van der Waals surface area contributed by atoms with Crippen molar-refractivity contribution in [3.05, 3.63) is 64.0 Å². The van der Waals surface area contributed by atoms with Crippen molar-refractivity contribution < 1.29 is 13.9 Å². The van der Waals surface area contributed by atoms with Gasteiger partial charge in [0.05, 0.1) is 16.5 Å². The van der Waals surface area contributed by atoms with E-state index in [2.05, 4.69) is 4.90 Å². The third-order valence-electron chi connectivity index (χ3n) is 4.97. The molecule has 0 fully saturated rings. The second-order valence-electron chi connectivity index (χ2n) is 6.82. The molecule has 0 spiro atoms. The summed E-state index contributed by atoms with van der Waals surface area (Å²) < 4.78 is 17.2. The number of hydrogen-bond donors (Lipinski definition) is 0. The van der Waals surface area contributed by atoms with Crippen molar-refractivity contribution in [1.29, 1.82) is 0 Å². The molecule has 0 saturated heterocycles. The molecule has 0 amide bonds. The molecule has 0 saturated carbocycles. The molecule has 2 heterocycles. The number of benzene rings is 2. The minimum absolute atomic E-state index is 0.000688. The fourth-order valence-corrected chi connectivity index (χ4v) is 3.63. The van der Waals surface area contributed by atoms with Gasteiger partial charge in [-0.05, 0) is 31.0 Å². The predicted molar refractivity (Wildman–Crippen MR) is 105 cm³/mol. The summed E-state index contributed by atoms with van der Waals surface area (Å²) in [5.41, 5.74) is 3.07. The Bertz CT molecular complexity index is 1010. The van der Waals surface area contributed by atoms with Crippen LogP contribution in [0.15, 0.2) is 51.7 Å². The van der Waals surface area contributed by atoms with E-state index >= 15 is 0 Å². The van der Waals surface area contributed by atoms with E-state index in [1.807, 2.05) is 49.4 Å². The Morgan fingerprint density at radius 3 is 2.74 bits per heavy atom. The van der Waals surface area contributed by atoms with E-state index < -0.39 is 0 Å². The molecule has 0 unspecified atom stereocenters. The van der Waals surface area contributed by atoms with Crippen molar-refractivity contribution in [2.45, 2.75) is 19.9 Å². The summed E-state index contributed by atoms with van der Waals surface area (Å²) in [6.45, 7) is 4.67. The summed E-state index contributed by atoms with van der Waals surface area (Å²) >= 11 is 0. The van der Waals surface area contributed by atoms with Gasteiger partial charge in [0.25, 0.3) is 0 Å². The van der Waals surface area contributed by atoms with E-state index in [4.69, 9.17) is 13.9 Å². The molecular weight excluding hydrogens is 342 g/mol. The summed E-state index contributed by atoms with van der Waals surface area (Å²) in [7, 11) is 1.71. The number of hydrogen-bond acceptors (Lipinski definition) is 5. The Hall–Kier alpha value is -2.63. The molecule has 1 aliphatic heterocycles. The van der Waals surface area contributed by atoms with Gasteiger partial charge in [0.15, 0.2) is 0 Å². The van der Waals surface area contributed by atoms with Crippen LogP contribution in [0.25, 0.3) is 22.1 Å². The maximum absolute atomic E-state index is 13.2. The van der Waals surface area contributed by atoms with Gasteiger partial charge in [-0.2, -0.15) is 0 Å². The van der Waals surface area contributed by atoms with Gasteiger partial charge in [-0.3, -0.25) is 9.69 Å². The summed E-state index contributed by atoms with van der Waals surface area (Å²) in [6.07, 6.45) is 0.932. The Kier molecular flexibility index (Phi) is 4.97. The molecule has 0 N–H and O–H groups in total. The molecule has 0 atom stereocenters. The fourth-order valence-electron chi connectivity index (χ4n) is 3.63. The normalized spacial score (nSPS) is 14.1. The third kappa shape index (κ3) is 3.36. The third-order valence-corrected chi connectivity index (χ3v) is 4.97. The number of nitrogens with zero attached hydrogens (tertiary/aromatic N) is 1. The number of aryl methyl sites for hydroxylation is 1. The van der Waals surface area contributed by atoms with Gasteiger partial charge in [-0.25, -0.2) is 0 Å². The zero-order chi connectivity index (χ0) is 18.8. The lowest BCUT2D eigenvalue weighted by molar-refractivity contribution is 0.0838. The minimum Gasteiger partial charge on any atom is -0.478 e. The van der Waals surface area contributed by atoms with E-state index in [1.165, 1.54) is 0 Å². The van der Waals surface area contributed by atoms with Crippen molar-refractivity contribution in [2.75, 3.05) is 27.0 Å². The molecule has 5 heteroatoms. The fraction of sp³-hybridized carbons (Fsp3) is 0.318. The first-order valence-corrected chi connectivity index (χ1v) is 9.18. The van der Waals surface area contributed by atoms with Crippen molar-refractivity contribution in [3.63, 3.8) is 0 Å². The van der Waals surface area contributed by atoms with Gasteiger partial charge in [-0.1, -0.05) is 30.3 Å². The van der Waals surface area contributed by atoms with Gasteiger partial charge in [0.1, 0.15) is 23.8 Å². The predicted octanol–water partition coefficient (Wildman–Crippen LogP) is 3.96. The van der Waals surface area contributed by atoms with Crippen molar-refractivity contribution in [1.82, 2.24) is 4.90 Å². The molecular formula is C22H23NO4. The van der Waals surface area contributed by atoms with Gasteiger partial charge in [-0.15, -0.1) is 0 Å². The summed E-state index contributed by atoms with van der Waals surface area (Å²) in [6, 6.07) is 13.4. The van der Waals surface area contributed by atoms with Crippen molar-refractivity contribution >= 4 is 11.0 Å². The zero-order valence-corrected chi connectivity index (χ0v) is 15.7. The van der Waals surface area contributed by atoms with E-state index in [0.29, 0.717) is 42.2 Å². The van der Waals surface area contributed by atoms with E-state index in [-0.39, 0.29) is 5.43 Å².